The fraction of sp³-hybridized carbons (Fsp3) is 0.410. The molecule has 4 aliphatic rings. The Bertz CT molecular complexity index is 2170. The number of aliphatic imine (C=N–C) groups is 1. The van der Waals surface area contributed by atoms with Crippen LogP contribution in [0.4, 0.5) is 0 Å². The molecule has 8 rings (SSSR count). The average Bonchev–Trinajstić information content (AvgIpc) is 3.75. The molecule has 53 heavy (non-hydrogen) atoms. The minimum Gasteiger partial charge on any atom is -0.355 e. The zero-order valence-corrected chi connectivity index (χ0v) is 31.5. The Hall–Kier alpha value is -4.72. The zero-order valence-electron chi connectivity index (χ0n) is 29.9. The molecule has 2 aromatic carbocycles. The Morgan fingerprint density at radius 2 is 1.79 bits per heavy atom. The molecule has 2 saturated heterocycles. The molecule has 6 heterocycles. The summed E-state index contributed by atoms with van der Waals surface area (Å²) in [5, 5.41) is 16.1. The molecule has 0 bridgehead atoms. The number of likely N-dealkylation sites (tertiary alicyclic amines) is 1. The third-order valence-corrected chi connectivity index (χ3v) is 12.5. The zero-order chi connectivity index (χ0) is 37.0. The van der Waals surface area contributed by atoms with Gasteiger partial charge in [0.05, 0.1) is 12.1 Å². The van der Waals surface area contributed by atoms with Gasteiger partial charge in [0.2, 0.25) is 17.7 Å². The van der Waals surface area contributed by atoms with E-state index in [-0.39, 0.29) is 30.6 Å². The first kappa shape index (κ1) is 35.3. The van der Waals surface area contributed by atoms with E-state index in [4.69, 9.17) is 16.6 Å². The lowest BCUT2D eigenvalue weighted by molar-refractivity contribution is -0.137. The summed E-state index contributed by atoms with van der Waals surface area (Å²) in [5.74, 6) is 0.860. The van der Waals surface area contributed by atoms with E-state index in [1.165, 1.54) is 10.4 Å². The molecule has 2 unspecified atom stereocenters. The maximum Gasteiger partial charge on any atom is 0.255 e. The first-order valence-electron chi connectivity index (χ1n) is 18.2. The Labute approximate surface area is 316 Å². The smallest absolute Gasteiger partial charge is 0.255 e. The fourth-order valence-electron chi connectivity index (χ4n) is 8.07. The van der Waals surface area contributed by atoms with Crippen LogP contribution < -0.4 is 10.6 Å². The van der Waals surface area contributed by atoms with E-state index in [1.807, 2.05) is 43.3 Å². The van der Waals surface area contributed by atoms with E-state index in [9.17, 15) is 19.2 Å². The fourth-order valence-corrected chi connectivity index (χ4v) is 9.41. The molecule has 4 aromatic rings. The minimum absolute atomic E-state index is 0.0894. The number of aromatic nitrogens is 3. The molecule has 0 aliphatic carbocycles. The van der Waals surface area contributed by atoms with Crippen LogP contribution in [0.25, 0.3) is 5.00 Å². The number of carbonyl (C=O) groups excluding carboxylic acids is 4. The van der Waals surface area contributed by atoms with Crippen LogP contribution in [0.1, 0.15) is 98.8 Å². The molecular formula is C39H41ClN8O4S. The summed E-state index contributed by atoms with van der Waals surface area (Å²) >= 11 is 7.93. The number of thiophene rings is 1. The topological polar surface area (TPSA) is 142 Å². The highest BCUT2D eigenvalue weighted by Crippen LogP contribution is 2.40. The Morgan fingerprint density at radius 1 is 1.02 bits per heavy atom. The van der Waals surface area contributed by atoms with E-state index in [0.29, 0.717) is 41.8 Å². The van der Waals surface area contributed by atoms with Crippen molar-refractivity contribution in [2.24, 2.45) is 4.99 Å². The largest absolute Gasteiger partial charge is 0.355 e. The van der Waals surface area contributed by atoms with E-state index in [2.05, 4.69) is 50.2 Å². The number of carbonyl (C=O) groups is 4. The molecule has 4 aliphatic heterocycles. The number of aryl methyl sites for hydroxylation is 2. The minimum atomic E-state index is -0.612. The standard InChI is InChI=1S/C39H41ClN8O4S/c1-21-22(2)53-39-34(21)35(25-4-7-28(40)8-5-25)42-30(36-45-44-23(3)48(36)39)19-33(50)41-14-17-46-15-12-24(13-16-46)26-6-9-29-27(18-26)20-47(38(29)52)31-10-11-32(49)43-37(31)51/h4-9,18,24,30-31H,10-17,19-20H2,1-3H3,(H,41,50)(H,43,49,51). The molecule has 2 fully saturated rings. The third kappa shape index (κ3) is 6.70. The highest BCUT2D eigenvalue weighted by atomic mass is 35.5. The monoisotopic (exact) mass is 752 g/mol. The molecule has 2 atom stereocenters. The van der Waals surface area contributed by atoms with Gasteiger partial charge in [0, 0.05) is 52.6 Å². The predicted molar refractivity (Wildman–Crippen MR) is 202 cm³/mol. The first-order valence-corrected chi connectivity index (χ1v) is 19.4. The summed E-state index contributed by atoms with van der Waals surface area (Å²) in [5.41, 5.74) is 6.73. The maximum absolute atomic E-state index is 13.5. The van der Waals surface area contributed by atoms with Crippen LogP contribution in [0.2, 0.25) is 5.02 Å². The first-order chi connectivity index (χ1) is 25.5. The Balaban J connectivity index is 0.882. The van der Waals surface area contributed by atoms with Gasteiger partial charge in [0.15, 0.2) is 5.82 Å². The normalized spacial score (nSPS) is 20.4. The van der Waals surface area contributed by atoms with Crippen LogP contribution in [0, 0.1) is 20.8 Å². The number of nitrogens with zero attached hydrogens (tertiary/aromatic N) is 6. The quantitative estimate of drug-likeness (QED) is 0.243. The van der Waals surface area contributed by atoms with Gasteiger partial charge in [-0.15, -0.1) is 21.5 Å². The van der Waals surface area contributed by atoms with Gasteiger partial charge in [-0.25, -0.2) is 0 Å². The van der Waals surface area contributed by atoms with Crippen molar-refractivity contribution in [3.63, 3.8) is 0 Å². The Kier molecular flexibility index (Phi) is 9.50. The van der Waals surface area contributed by atoms with Gasteiger partial charge in [-0.05, 0) is 93.9 Å². The summed E-state index contributed by atoms with van der Waals surface area (Å²) < 4.78 is 2.06. The third-order valence-electron chi connectivity index (χ3n) is 11.1. The van der Waals surface area contributed by atoms with E-state index >= 15 is 0 Å². The van der Waals surface area contributed by atoms with Crippen LogP contribution in [0.3, 0.4) is 0 Å². The van der Waals surface area contributed by atoms with Gasteiger partial charge in [0.1, 0.15) is 22.9 Å². The van der Waals surface area contributed by atoms with Crippen molar-refractivity contribution in [2.75, 3.05) is 26.2 Å². The van der Waals surface area contributed by atoms with Crippen molar-refractivity contribution in [3.05, 3.63) is 97.4 Å². The lowest BCUT2D eigenvalue weighted by Gasteiger charge is -2.32. The molecule has 4 amide bonds. The number of hydrogen-bond acceptors (Lipinski definition) is 9. The molecule has 12 nitrogen and oxygen atoms in total. The predicted octanol–water partition coefficient (Wildman–Crippen LogP) is 4.95. The second kappa shape index (κ2) is 14.3. The van der Waals surface area contributed by atoms with Crippen molar-refractivity contribution >= 4 is 52.3 Å². The number of rotatable bonds is 8. The second-order valence-corrected chi connectivity index (χ2v) is 16.0. The van der Waals surface area contributed by atoms with Crippen molar-refractivity contribution in [1.29, 1.82) is 0 Å². The van der Waals surface area contributed by atoms with Crippen molar-refractivity contribution in [2.45, 2.75) is 77.4 Å². The summed E-state index contributed by atoms with van der Waals surface area (Å²) in [6.07, 6.45) is 2.69. The highest BCUT2D eigenvalue weighted by molar-refractivity contribution is 7.15. The molecule has 2 N–H and O–H groups in total. The average molecular weight is 753 g/mol. The molecule has 2 aromatic heterocycles. The van der Waals surface area contributed by atoms with Gasteiger partial charge in [0.25, 0.3) is 5.91 Å². The molecule has 0 saturated carbocycles. The molecule has 0 spiro atoms. The number of fused-ring (bicyclic) bond motifs is 4. The number of hydrogen-bond donors (Lipinski definition) is 2. The van der Waals surface area contributed by atoms with Gasteiger partial charge < -0.3 is 15.1 Å². The van der Waals surface area contributed by atoms with Crippen molar-refractivity contribution in [1.82, 2.24) is 35.2 Å². The van der Waals surface area contributed by atoms with Crippen LogP contribution in [0.5, 0.6) is 0 Å². The number of benzene rings is 2. The molecule has 0 radical (unpaired) electrons. The number of piperidine rings is 2. The number of amides is 4. The highest BCUT2D eigenvalue weighted by Gasteiger charge is 2.39. The summed E-state index contributed by atoms with van der Waals surface area (Å²) in [7, 11) is 0. The summed E-state index contributed by atoms with van der Waals surface area (Å²) in [4.78, 5) is 61.1. The van der Waals surface area contributed by atoms with Crippen LogP contribution >= 0.6 is 22.9 Å². The Morgan fingerprint density at radius 3 is 2.55 bits per heavy atom. The van der Waals surface area contributed by atoms with Gasteiger partial charge in [-0.1, -0.05) is 35.9 Å². The van der Waals surface area contributed by atoms with Gasteiger partial charge >= 0.3 is 0 Å². The number of nitrogens with one attached hydrogen (secondary N) is 2. The molecular weight excluding hydrogens is 712 g/mol. The number of imide groups is 1. The van der Waals surface area contributed by atoms with E-state index in [0.717, 1.165) is 71.3 Å². The van der Waals surface area contributed by atoms with Crippen molar-refractivity contribution in [3.8, 4) is 5.00 Å². The number of halogens is 1. The lowest BCUT2D eigenvalue weighted by atomic mass is 9.88. The lowest BCUT2D eigenvalue weighted by Crippen LogP contribution is -2.52. The molecule has 14 heteroatoms. The summed E-state index contributed by atoms with van der Waals surface area (Å²) in [6, 6.07) is 12.6. The van der Waals surface area contributed by atoms with Crippen LogP contribution in [0.15, 0.2) is 47.5 Å². The van der Waals surface area contributed by atoms with Gasteiger partial charge in [-0.2, -0.15) is 0 Å². The van der Waals surface area contributed by atoms with Crippen molar-refractivity contribution < 1.29 is 19.2 Å². The maximum atomic E-state index is 13.5. The molecule has 274 valence electrons. The van der Waals surface area contributed by atoms with Gasteiger partial charge in [-0.3, -0.25) is 34.1 Å². The summed E-state index contributed by atoms with van der Waals surface area (Å²) in [6.45, 7) is 9.61. The van der Waals surface area contributed by atoms with E-state index < -0.39 is 18.0 Å². The van der Waals surface area contributed by atoms with Crippen LogP contribution in [-0.2, 0) is 20.9 Å². The second-order valence-electron chi connectivity index (χ2n) is 14.4. The SMILES string of the molecule is Cc1sc2c(c1C)C(c1ccc(Cl)cc1)=NC(CC(=O)NCCN1CCC(c3ccc4c(c3)CN(C3CCC(=O)NC3=O)C4=O)CC1)c1nnc(C)n1-2. The van der Waals surface area contributed by atoms with Crippen LogP contribution in [-0.4, -0.2) is 86.1 Å². The van der Waals surface area contributed by atoms with E-state index in [1.54, 1.807) is 16.2 Å².